The number of aryl methyl sites for hydroxylation is 1. The average Bonchev–Trinajstić information content (AvgIpc) is 2.61. The van der Waals surface area contributed by atoms with E-state index in [2.05, 4.69) is 27.3 Å². The molecule has 0 saturated carbocycles. The lowest BCUT2D eigenvalue weighted by Crippen LogP contribution is -2.34. The van der Waals surface area contributed by atoms with Crippen LogP contribution in [0.15, 0.2) is 53.0 Å². The van der Waals surface area contributed by atoms with E-state index < -0.39 is 5.97 Å². The van der Waals surface area contributed by atoms with Crippen LogP contribution in [-0.2, 0) is 16.0 Å². The van der Waals surface area contributed by atoms with Gasteiger partial charge in [-0.2, -0.15) is 0 Å². The zero-order valence-electron chi connectivity index (χ0n) is 13.1. The van der Waals surface area contributed by atoms with E-state index in [-0.39, 0.29) is 18.6 Å². The average molecular weight is 388 g/mol. The van der Waals surface area contributed by atoms with Crippen molar-refractivity contribution in [3.05, 3.63) is 69.7 Å². The summed E-state index contributed by atoms with van der Waals surface area (Å²) in [6, 6.07) is 15.0. The molecule has 24 heavy (non-hydrogen) atoms. The van der Waals surface area contributed by atoms with Crippen LogP contribution in [0.25, 0.3) is 0 Å². The Labute approximate surface area is 149 Å². The molecule has 0 aliphatic heterocycles. The number of hydrogen-bond donors (Lipinski definition) is 1. The van der Waals surface area contributed by atoms with E-state index in [9.17, 15) is 9.59 Å². The summed E-state index contributed by atoms with van der Waals surface area (Å²) >= 11 is 3.31. The molecule has 0 saturated heterocycles. The fourth-order valence-corrected chi connectivity index (χ4v) is 3.20. The van der Waals surface area contributed by atoms with Gasteiger partial charge in [-0.3, -0.25) is 4.79 Å². The topological polar surface area (TPSA) is 55.4 Å². The summed E-state index contributed by atoms with van der Waals surface area (Å²) in [5.41, 5.74) is 2.87. The largest absolute Gasteiger partial charge is 0.452 e. The van der Waals surface area contributed by atoms with Crippen LogP contribution in [0.4, 0.5) is 0 Å². The highest BCUT2D eigenvalue weighted by atomic mass is 79.9. The molecule has 4 nitrogen and oxygen atoms in total. The monoisotopic (exact) mass is 387 g/mol. The molecule has 0 heterocycles. The number of hydrogen-bond acceptors (Lipinski definition) is 3. The Kier molecular flexibility index (Phi) is 5.30. The molecule has 1 amide bonds. The third-order valence-corrected chi connectivity index (χ3v) is 4.65. The van der Waals surface area contributed by atoms with Gasteiger partial charge in [-0.25, -0.2) is 4.79 Å². The third kappa shape index (κ3) is 4.03. The Bertz CT molecular complexity index is 743. The van der Waals surface area contributed by atoms with Gasteiger partial charge >= 0.3 is 5.97 Å². The van der Waals surface area contributed by atoms with Crippen molar-refractivity contribution in [3.8, 4) is 0 Å². The van der Waals surface area contributed by atoms with Crippen LogP contribution in [0.3, 0.4) is 0 Å². The summed E-state index contributed by atoms with van der Waals surface area (Å²) in [6.07, 6.45) is 2.99. The maximum Gasteiger partial charge on any atom is 0.338 e. The maximum atomic E-state index is 12.1. The zero-order valence-corrected chi connectivity index (χ0v) is 14.7. The molecule has 5 heteroatoms. The van der Waals surface area contributed by atoms with Crippen molar-refractivity contribution in [3.63, 3.8) is 0 Å². The van der Waals surface area contributed by atoms with Crippen molar-refractivity contribution in [2.24, 2.45) is 0 Å². The van der Waals surface area contributed by atoms with E-state index >= 15 is 0 Å². The van der Waals surface area contributed by atoms with Gasteiger partial charge in [-0.05, 0) is 54.7 Å². The highest BCUT2D eigenvalue weighted by molar-refractivity contribution is 9.10. The van der Waals surface area contributed by atoms with Crippen molar-refractivity contribution >= 4 is 27.8 Å². The van der Waals surface area contributed by atoms with Gasteiger partial charge in [-0.1, -0.05) is 40.2 Å². The van der Waals surface area contributed by atoms with E-state index in [1.54, 1.807) is 24.3 Å². The van der Waals surface area contributed by atoms with Gasteiger partial charge in [0, 0.05) is 4.47 Å². The predicted octanol–water partition coefficient (Wildman–Crippen LogP) is 3.80. The summed E-state index contributed by atoms with van der Waals surface area (Å²) < 4.78 is 5.98. The molecule has 1 aliphatic rings. The lowest BCUT2D eigenvalue weighted by atomic mass is 9.88. The Morgan fingerprint density at radius 1 is 1.12 bits per heavy atom. The molecule has 1 N–H and O–H groups in total. The lowest BCUT2D eigenvalue weighted by Gasteiger charge is -2.26. The van der Waals surface area contributed by atoms with E-state index in [4.69, 9.17) is 4.74 Å². The van der Waals surface area contributed by atoms with Crippen molar-refractivity contribution < 1.29 is 14.3 Å². The van der Waals surface area contributed by atoms with Gasteiger partial charge in [-0.15, -0.1) is 0 Å². The number of rotatable bonds is 4. The normalized spacial score (nSPS) is 16.1. The van der Waals surface area contributed by atoms with Gasteiger partial charge in [0.05, 0.1) is 11.6 Å². The molecule has 1 aliphatic carbocycles. The Morgan fingerprint density at radius 3 is 2.67 bits per heavy atom. The van der Waals surface area contributed by atoms with E-state index in [1.165, 1.54) is 5.56 Å². The van der Waals surface area contributed by atoms with E-state index in [0.717, 1.165) is 29.3 Å². The summed E-state index contributed by atoms with van der Waals surface area (Å²) in [4.78, 5) is 24.0. The third-order valence-electron chi connectivity index (χ3n) is 4.12. The zero-order chi connectivity index (χ0) is 16.9. The Balaban J connectivity index is 1.55. The quantitative estimate of drug-likeness (QED) is 0.811. The SMILES string of the molecule is O=C(COC(=O)c1ccc(Br)cc1)N[C@@H]1CCCc2ccccc21. The molecule has 0 unspecified atom stereocenters. The molecule has 0 fully saturated rings. The second kappa shape index (κ2) is 7.62. The van der Waals surface area contributed by atoms with Gasteiger partial charge < -0.3 is 10.1 Å². The summed E-state index contributed by atoms with van der Waals surface area (Å²) in [5, 5.41) is 2.97. The van der Waals surface area contributed by atoms with Crippen molar-refractivity contribution in [1.29, 1.82) is 0 Å². The van der Waals surface area contributed by atoms with Crippen LogP contribution >= 0.6 is 15.9 Å². The molecule has 0 radical (unpaired) electrons. The first kappa shape index (κ1) is 16.7. The lowest BCUT2D eigenvalue weighted by molar-refractivity contribution is -0.125. The number of halogens is 1. The van der Waals surface area contributed by atoms with Crippen LogP contribution in [0.2, 0.25) is 0 Å². The number of fused-ring (bicyclic) bond motifs is 1. The highest BCUT2D eigenvalue weighted by Crippen LogP contribution is 2.29. The van der Waals surface area contributed by atoms with Gasteiger partial charge in [0.15, 0.2) is 6.61 Å². The molecule has 2 aromatic rings. The summed E-state index contributed by atoms with van der Waals surface area (Å²) in [7, 11) is 0. The molecule has 0 spiro atoms. The molecule has 1 atom stereocenters. The predicted molar refractivity (Wildman–Crippen MR) is 94.7 cm³/mol. The highest BCUT2D eigenvalue weighted by Gasteiger charge is 2.21. The number of nitrogens with one attached hydrogen (secondary N) is 1. The van der Waals surface area contributed by atoms with Crippen molar-refractivity contribution in [1.82, 2.24) is 5.32 Å². The number of esters is 1. The van der Waals surface area contributed by atoms with Crippen molar-refractivity contribution in [2.75, 3.05) is 6.61 Å². The molecular formula is C19H18BrNO3. The summed E-state index contributed by atoms with van der Waals surface area (Å²) in [5.74, 6) is -0.774. The Hall–Kier alpha value is -2.14. The van der Waals surface area contributed by atoms with Crippen molar-refractivity contribution in [2.45, 2.75) is 25.3 Å². The number of benzene rings is 2. The molecule has 0 bridgehead atoms. The second-order valence-corrected chi connectivity index (χ2v) is 6.71. The molecule has 3 rings (SSSR count). The molecule has 2 aromatic carbocycles. The van der Waals surface area contributed by atoms with Crippen LogP contribution in [0, 0.1) is 0 Å². The first-order valence-corrected chi connectivity index (χ1v) is 8.72. The molecule has 124 valence electrons. The van der Waals surface area contributed by atoms with Crippen LogP contribution < -0.4 is 5.32 Å². The van der Waals surface area contributed by atoms with Gasteiger partial charge in [0.1, 0.15) is 0 Å². The maximum absolute atomic E-state index is 12.1. The summed E-state index contributed by atoms with van der Waals surface area (Å²) in [6.45, 7) is -0.270. The number of amides is 1. The van der Waals surface area contributed by atoms with E-state index in [1.807, 2.05) is 18.2 Å². The van der Waals surface area contributed by atoms with Crippen LogP contribution in [0.5, 0.6) is 0 Å². The minimum atomic E-state index is -0.498. The number of carbonyl (C=O) groups excluding carboxylic acids is 2. The first-order valence-electron chi connectivity index (χ1n) is 7.93. The molecular weight excluding hydrogens is 370 g/mol. The second-order valence-electron chi connectivity index (χ2n) is 5.79. The fraction of sp³-hybridized carbons (Fsp3) is 0.263. The van der Waals surface area contributed by atoms with Gasteiger partial charge in [0.2, 0.25) is 0 Å². The minimum absolute atomic E-state index is 0.00571. The fourth-order valence-electron chi connectivity index (χ4n) is 2.94. The van der Waals surface area contributed by atoms with Crippen LogP contribution in [-0.4, -0.2) is 18.5 Å². The minimum Gasteiger partial charge on any atom is -0.452 e. The number of ether oxygens (including phenoxy) is 1. The molecule has 0 aromatic heterocycles. The first-order chi connectivity index (χ1) is 11.6. The number of carbonyl (C=O) groups is 2. The van der Waals surface area contributed by atoms with Crippen LogP contribution in [0.1, 0.15) is 40.4 Å². The standard InChI is InChI=1S/C19H18BrNO3/c20-15-10-8-14(9-11-15)19(23)24-12-18(22)21-17-7-3-5-13-4-1-2-6-16(13)17/h1-2,4,6,8-11,17H,3,5,7,12H2,(H,21,22)/t17-/m1/s1. The Morgan fingerprint density at radius 2 is 1.88 bits per heavy atom. The van der Waals surface area contributed by atoms with E-state index in [0.29, 0.717) is 5.56 Å². The van der Waals surface area contributed by atoms with Gasteiger partial charge in [0.25, 0.3) is 5.91 Å². The smallest absolute Gasteiger partial charge is 0.338 e.